The monoisotopic (exact) mass is 470 g/mol. The predicted octanol–water partition coefficient (Wildman–Crippen LogP) is 4.87. The zero-order chi connectivity index (χ0) is 23.2. The van der Waals surface area contributed by atoms with Gasteiger partial charge < -0.3 is 9.47 Å². The van der Waals surface area contributed by atoms with E-state index in [4.69, 9.17) is 9.47 Å². The lowest BCUT2D eigenvalue weighted by Gasteiger charge is -2.33. The van der Waals surface area contributed by atoms with Crippen molar-refractivity contribution in [3.05, 3.63) is 36.2 Å². The second-order valence-electron chi connectivity index (χ2n) is 8.89. The molecule has 8 heteroatoms. The smallest absolute Gasteiger partial charge is 0.308 e. The Bertz CT molecular complexity index is 949. The molecule has 2 aliphatic heterocycles. The van der Waals surface area contributed by atoms with Crippen molar-refractivity contribution >= 4 is 29.2 Å². The van der Waals surface area contributed by atoms with Gasteiger partial charge in [-0.3, -0.25) is 14.6 Å². The number of rotatable bonds is 9. The zero-order valence-electron chi connectivity index (χ0n) is 19.8. The van der Waals surface area contributed by atoms with Crippen LogP contribution in [-0.2, 0) is 20.8 Å². The second kappa shape index (κ2) is 11.3. The van der Waals surface area contributed by atoms with E-state index in [1.165, 1.54) is 23.3 Å². The number of aromatic nitrogens is 2. The lowest BCUT2D eigenvalue weighted by atomic mass is 9.89. The third-order valence-corrected chi connectivity index (χ3v) is 7.54. The average molecular weight is 471 g/mol. The second-order valence-corrected chi connectivity index (χ2v) is 9.92. The summed E-state index contributed by atoms with van der Waals surface area (Å²) in [6, 6.07) is 6.69. The van der Waals surface area contributed by atoms with E-state index in [0.717, 1.165) is 49.0 Å². The molecule has 3 heterocycles. The van der Waals surface area contributed by atoms with E-state index in [1.807, 2.05) is 13.8 Å². The van der Waals surface area contributed by atoms with Gasteiger partial charge in [-0.05, 0) is 69.3 Å². The molecule has 33 heavy (non-hydrogen) atoms. The van der Waals surface area contributed by atoms with E-state index in [0.29, 0.717) is 19.3 Å². The quantitative estimate of drug-likeness (QED) is 0.481. The van der Waals surface area contributed by atoms with Crippen molar-refractivity contribution in [2.75, 3.05) is 38.4 Å². The summed E-state index contributed by atoms with van der Waals surface area (Å²) in [5.74, 6) is 1.50. The van der Waals surface area contributed by atoms with Gasteiger partial charge in [-0.2, -0.15) is 0 Å². The van der Waals surface area contributed by atoms with Crippen molar-refractivity contribution in [2.24, 2.45) is 11.8 Å². The van der Waals surface area contributed by atoms with Gasteiger partial charge in [-0.1, -0.05) is 24.8 Å². The van der Waals surface area contributed by atoms with Gasteiger partial charge in [-0.25, -0.2) is 9.97 Å². The zero-order valence-corrected chi connectivity index (χ0v) is 20.6. The molecule has 1 aromatic carbocycles. The molecule has 1 fully saturated rings. The summed E-state index contributed by atoms with van der Waals surface area (Å²) in [6.07, 6.45) is 7.87. The molecule has 0 saturated carbocycles. The lowest BCUT2D eigenvalue weighted by molar-refractivity contribution is -0.147. The summed E-state index contributed by atoms with van der Waals surface area (Å²) >= 11 is 1.66. The fourth-order valence-electron chi connectivity index (χ4n) is 4.59. The van der Waals surface area contributed by atoms with Crippen LogP contribution in [0.1, 0.15) is 45.1 Å². The van der Waals surface area contributed by atoms with Gasteiger partial charge in [0.2, 0.25) is 0 Å². The molecule has 0 aliphatic carbocycles. The molecule has 1 aromatic heterocycles. The van der Waals surface area contributed by atoms with Crippen LogP contribution < -0.4 is 4.90 Å². The minimum absolute atomic E-state index is 0.00112. The van der Waals surface area contributed by atoms with Crippen LogP contribution in [0.5, 0.6) is 0 Å². The van der Waals surface area contributed by atoms with Crippen molar-refractivity contribution < 1.29 is 14.3 Å². The number of ether oxygens (including phenoxy) is 2. The Morgan fingerprint density at radius 2 is 2.03 bits per heavy atom. The molecule has 0 spiro atoms. The van der Waals surface area contributed by atoms with E-state index in [9.17, 15) is 4.79 Å². The van der Waals surface area contributed by atoms with E-state index in [1.54, 1.807) is 31.3 Å². The van der Waals surface area contributed by atoms with Crippen LogP contribution in [0.2, 0.25) is 0 Å². The van der Waals surface area contributed by atoms with E-state index in [-0.39, 0.29) is 11.9 Å². The standard InChI is InChI=1S/C25H34N4O3S/c1-4-32-25(30)18(2)5-6-19-9-13-28(14-10-19)16-20-7-8-22-21(15-20)29(17-31-3)23-24(33-22)27-12-11-26-23/h7-8,11-12,15,18-19H,4-6,9-10,13-14,16-17H2,1-3H3. The first kappa shape index (κ1) is 24.0. The third-order valence-electron chi connectivity index (χ3n) is 6.49. The van der Waals surface area contributed by atoms with Gasteiger partial charge in [0, 0.05) is 30.9 Å². The highest BCUT2D eigenvalue weighted by Crippen LogP contribution is 2.46. The molecule has 4 rings (SSSR count). The number of hydrogen-bond donors (Lipinski definition) is 0. The molecule has 2 aliphatic rings. The number of carbonyl (C=O) groups excluding carboxylic acids is 1. The summed E-state index contributed by atoms with van der Waals surface area (Å²) in [5, 5.41) is 0.911. The van der Waals surface area contributed by atoms with Crippen molar-refractivity contribution in [1.29, 1.82) is 0 Å². The number of carbonyl (C=O) groups is 1. The van der Waals surface area contributed by atoms with Gasteiger partial charge >= 0.3 is 5.97 Å². The van der Waals surface area contributed by atoms with Crippen molar-refractivity contribution in [2.45, 2.75) is 56.0 Å². The Morgan fingerprint density at radius 3 is 2.79 bits per heavy atom. The molecule has 178 valence electrons. The van der Waals surface area contributed by atoms with Crippen molar-refractivity contribution in [3.63, 3.8) is 0 Å². The summed E-state index contributed by atoms with van der Waals surface area (Å²) < 4.78 is 10.6. The molecule has 7 nitrogen and oxygen atoms in total. The Labute approximate surface area is 200 Å². The van der Waals surface area contributed by atoms with Crippen LogP contribution in [0.15, 0.2) is 40.5 Å². The largest absolute Gasteiger partial charge is 0.466 e. The maximum Gasteiger partial charge on any atom is 0.308 e. The molecule has 0 amide bonds. The maximum absolute atomic E-state index is 11.9. The first-order valence-electron chi connectivity index (χ1n) is 11.9. The number of anilines is 2. The number of fused-ring (bicyclic) bond motifs is 2. The van der Waals surface area contributed by atoms with Crippen molar-refractivity contribution in [3.8, 4) is 0 Å². The third kappa shape index (κ3) is 5.86. The highest BCUT2D eigenvalue weighted by molar-refractivity contribution is 7.99. The Morgan fingerprint density at radius 1 is 1.24 bits per heavy atom. The van der Waals surface area contributed by atoms with Gasteiger partial charge in [-0.15, -0.1) is 0 Å². The average Bonchev–Trinajstić information content (AvgIpc) is 2.83. The maximum atomic E-state index is 11.9. The minimum atomic E-state index is -0.0587. The van der Waals surface area contributed by atoms with Crippen LogP contribution >= 0.6 is 11.8 Å². The van der Waals surface area contributed by atoms with E-state index >= 15 is 0 Å². The molecular weight excluding hydrogens is 436 g/mol. The van der Waals surface area contributed by atoms with Crippen LogP contribution in [0, 0.1) is 11.8 Å². The highest BCUT2D eigenvalue weighted by Gasteiger charge is 2.27. The van der Waals surface area contributed by atoms with E-state index in [2.05, 4.69) is 38.0 Å². The Kier molecular flexibility index (Phi) is 8.22. The molecule has 0 bridgehead atoms. The van der Waals surface area contributed by atoms with Crippen LogP contribution in [0.3, 0.4) is 0 Å². The van der Waals surface area contributed by atoms with E-state index < -0.39 is 0 Å². The number of methoxy groups -OCH3 is 1. The molecule has 0 radical (unpaired) electrons. The summed E-state index contributed by atoms with van der Waals surface area (Å²) in [5.41, 5.74) is 2.44. The highest BCUT2D eigenvalue weighted by atomic mass is 32.2. The number of piperidine rings is 1. The topological polar surface area (TPSA) is 67.8 Å². The number of likely N-dealkylation sites (tertiary alicyclic amines) is 1. The summed E-state index contributed by atoms with van der Waals surface area (Å²) in [4.78, 5) is 26.7. The number of esters is 1. The molecule has 0 N–H and O–H groups in total. The molecule has 1 atom stereocenters. The number of hydrogen-bond acceptors (Lipinski definition) is 8. The Balaban J connectivity index is 1.33. The fourth-order valence-corrected chi connectivity index (χ4v) is 5.58. The normalized spacial score (nSPS) is 17.4. The summed E-state index contributed by atoms with van der Waals surface area (Å²) in [7, 11) is 1.71. The van der Waals surface area contributed by atoms with Gasteiger partial charge in [0.1, 0.15) is 11.8 Å². The van der Waals surface area contributed by atoms with Crippen LogP contribution in [0.4, 0.5) is 11.5 Å². The van der Waals surface area contributed by atoms with Crippen molar-refractivity contribution in [1.82, 2.24) is 14.9 Å². The van der Waals surface area contributed by atoms with Gasteiger partial charge in [0.05, 0.1) is 18.2 Å². The molecular formula is C25H34N4O3S. The first-order chi connectivity index (χ1) is 16.1. The first-order valence-corrected chi connectivity index (χ1v) is 12.7. The lowest BCUT2D eigenvalue weighted by Crippen LogP contribution is -2.33. The summed E-state index contributed by atoms with van der Waals surface area (Å²) in [6.45, 7) is 7.89. The number of nitrogens with zero attached hydrogens (tertiary/aromatic N) is 4. The molecule has 1 unspecified atom stereocenters. The Hall–Kier alpha value is -2.16. The molecule has 2 aromatic rings. The van der Waals surface area contributed by atoms with Gasteiger partial charge in [0.15, 0.2) is 5.82 Å². The van der Waals surface area contributed by atoms with Crippen LogP contribution in [-0.4, -0.2) is 54.4 Å². The predicted molar refractivity (Wildman–Crippen MR) is 130 cm³/mol. The van der Waals surface area contributed by atoms with Crippen LogP contribution in [0.25, 0.3) is 0 Å². The van der Waals surface area contributed by atoms with Gasteiger partial charge in [0.25, 0.3) is 0 Å². The SMILES string of the molecule is CCOC(=O)C(C)CCC1CCN(Cc2ccc3c(c2)N(COC)c2nccnc2S3)CC1. The minimum Gasteiger partial charge on any atom is -0.466 e. The fraction of sp³-hybridized carbons (Fsp3) is 0.560. The number of benzene rings is 1. The molecule has 1 saturated heterocycles.